The number of rotatable bonds is 2. The molecule has 114 valence electrons. The number of fused-ring (bicyclic) bond motifs is 3. The standard InChI is InChI=1S/C21H17IO/c1-21(2)17-8-4-3-7-15(17)16-12-11-14(13-18(16)21)23-20-10-6-5-9-19(20)22/h3-13H,1-2H3. The predicted octanol–water partition coefficient (Wildman–Crippen LogP) is 6.39. The summed E-state index contributed by atoms with van der Waals surface area (Å²) in [5, 5.41) is 0. The van der Waals surface area contributed by atoms with Crippen LogP contribution in [-0.2, 0) is 5.41 Å². The molecule has 0 spiro atoms. The fraction of sp³-hybridized carbons (Fsp3) is 0.143. The van der Waals surface area contributed by atoms with Gasteiger partial charge in [0.1, 0.15) is 11.5 Å². The molecule has 0 unspecified atom stereocenters. The Kier molecular flexibility index (Phi) is 3.45. The number of para-hydroxylation sites is 1. The molecular formula is C21H17IO. The third-order valence-corrected chi connectivity index (χ3v) is 5.51. The van der Waals surface area contributed by atoms with Crippen LogP contribution in [0.15, 0.2) is 66.7 Å². The van der Waals surface area contributed by atoms with Crippen LogP contribution in [0.4, 0.5) is 0 Å². The molecule has 4 rings (SSSR count). The molecule has 1 nitrogen and oxygen atoms in total. The summed E-state index contributed by atoms with van der Waals surface area (Å²) in [5.74, 6) is 1.80. The first-order valence-electron chi connectivity index (χ1n) is 7.74. The van der Waals surface area contributed by atoms with Gasteiger partial charge >= 0.3 is 0 Å². The van der Waals surface area contributed by atoms with Crippen molar-refractivity contribution in [3.63, 3.8) is 0 Å². The predicted molar refractivity (Wildman–Crippen MR) is 103 cm³/mol. The monoisotopic (exact) mass is 412 g/mol. The lowest BCUT2D eigenvalue weighted by atomic mass is 9.82. The fourth-order valence-corrected chi connectivity index (χ4v) is 3.90. The second kappa shape index (κ2) is 5.38. The van der Waals surface area contributed by atoms with E-state index in [9.17, 15) is 0 Å². The van der Waals surface area contributed by atoms with Crippen LogP contribution in [0.2, 0.25) is 0 Å². The van der Waals surface area contributed by atoms with Gasteiger partial charge in [0.05, 0.1) is 3.57 Å². The zero-order valence-electron chi connectivity index (χ0n) is 13.1. The van der Waals surface area contributed by atoms with E-state index in [4.69, 9.17) is 4.74 Å². The molecule has 2 heteroatoms. The van der Waals surface area contributed by atoms with Crippen LogP contribution in [0.1, 0.15) is 25.0 Å². The molecule has 1 aliphatic rings. The largest absolute Gasteiger partial charge is 0.456 e. The minimum absolute atomic E-state index is 0.00907. The lowest BCUT2D eigenvalue weighted by molar-refractivity contribution is 0.477. The summed E-state index contributed by atoms with van der Waals surface area (Å²) < 4.78 is 7.24. The minimum Gasteiger partial charge on any atom is -0.456 e. The fourth-order valence-electron chi connectivity index (χ4n) is 3.40. The molecule has 0 atom stereocenters. The van der Waals surface area contributed by atoms with Crippen LogP contribution in [0.25, 0.3) is 11.1 Å². The summed E-state index contributed by atoms with van der Waals surface area (Å²) >= 11 is 2.31. The zero-order chi connectivity index (χ0) is 16.0. The minimum atomic E-state index is 0.00907. The highest BCUT2D eigenvalue weighted by Gasteiger charge is 2.35. The van der Waals surface area contributed by atoms with Crippen molar-refractivity contribution in [2.45, 2.75) is 19.3 Å². The number of halogens is 1. The Labute approximate surface area is 150 Å². The second-order valence-corrected chi connectivity index (χ2v) is 7.57. The van der Waals surface area contributed by atoms with Gasteiger partial charge < -0.3 is 4.74 Å². The molecule has 3 aromatic rings. The molecule has 0 saturated carbocycles. The molecule has 0 N–H and O–H groups in total. The van der Waals surface area contributed by atoms with Crippen LogP contribution in [-0.4, -0.2) is 0 Å². The Balaban J connectivity index is 1.79. The van der Waals surface area contributed by atoms with Crippen molar-refractivity contribution in [3.05, 3.63) is 81.4 Å². The van der Waals surface area contributed by atoms with E-state index in [0.29, 0.717) is 0 Å². The Morgan fingerprint density at radius 2 is 1.48 bits per heavy atom. The molecule has 23 heavy (non-hydrogen) atoms. The lowest BCUT2D eigenvalue weighted by Crippen LogP contribution is -2.14. The lowest BCUT2D eigenvalue weighted by Gasteiger charge is -2.21. The van der Waals surface area contributed by atoms with Crippen molar-refractivity contribution in [2.75, 3.05) is 0 Å². The maximum atomic E-state index is 6.12. The van der Waals surface area contributed by atoms with Crippen molar-refractivity contribution < 1.29 is 4.74 Å². The molecule has 0 amide bonds. The van der Waals surface area contributed by atoms with Crippen LogP contribution < -0.4 is 4.74 Å². The molecular weight excluding hydrogens is 395 g/mol. The molecule has 0 radical (unpaired) electrons. The first-order chi connectivity index (χ1) is 11.1. The summed E-state index contributed by atoms with van der Waals surface area (Å²) in [4.78, 5) is 0. The maximum Gasteiger partial charge on any atom is 0.140 e. The van der Waals surface area contributed by atoms with Crippen molar-refractivity contribution in [2.24, 2.45) is 0 Å². The van der Waals surface area contributed by atoms with Crippen molar-refractivity contribution >= 4 is 22.6 Å². The number of benzene rings is 3. The molecule has 0 fully saturated rings. The summed E-state index contributed by atoms with van der Waals surface area (Å²) in [5.41, 5.74) is 5.40. The van der Waals surface area contributed by atoms with Crippen LogP contribution in [0, 0.1) is 3.57 Å². The average molecular weight is 412 g/mol. The third kappa shape index (κ3) is 2.36. The highest BCUT2D eigenvalue weighted by Crippen LogP contribution is 2.49. The van der Waals surface area contributed by atoms with E-state index in [1.807, 2.05) is 18.2 Å². The van der Waals surface area contributed by atoms with Crippen molar-refractivity contribution in [3.8, 4) is 22.6 Å². The van der Waals surface area contributed by atoms with Gasteiger partial charge in [0.2, 0.25) is 0 Å². The Morgan fingerprint density at radius 1 is 0.783 bits per heavy atom. The normalized spacial score (nSPS) is 14.2. The molecule has 0 aliphatic heterocycles. The summed E-state index contributed by atoms with van der Waals surface area (Å²) in [6.07, 6.45) is 0. The first-order valence-corrected chi connectivity index (χ1v) is 8.82. The van der Waals surface area contributed by atoms with E-state index < -0.39 is 0 Å². The Morgan fingerprint density at radius 3 is 2.30 bits per heavy atom. The molecule has 0 heterocycles. The second-order valence-electron chi connectivity index (χ2n) is 6.41. The maximum absolute atomic E-state index is 6.12. The summed E-state index contributed by atoms with van der Waals surface area (Å²) in [7, 11) is 0. The number of ether oxygens (including phenoxy) is 1. The topological polar surface area (TPSA) is 9.23 Å². The zero-order valence-corrected chi connectivity index (χ0v) is 15.3. The van der Waals surface area contributed by atoms with Gasteiger partial charge in [0, 0.05) is 5.41 Å². The van der Waals surface area contributed by atoms with Crippen LogP contribution >= 0.6 is 22.6 Å². The van der Waals surface area contributed by atoms with Gasteiger partial charge in [-0.15, -0.1) is 0 Å². The Bertz CT molecular complexity index is 896. The van der Waals surface area contributed by atoms with Gasteiger partial charge in [-0.25, -0.2) is 0 Å². The van der Waals surface area contributed by atoms with Crippen molar-refractivity contribution in [1.82, 2.24) is 0 Å². The number of hydrogen-bond donors (Lipinski definition) is 0. The highest BCUT2D eigenvalue weighted by molar-refractivity contribution is 14.1. The molecule has 0 aromatic heterocycles. The molecule has 0 bridgehead atoms. The van der Waals surface area contributed by atoms with E-state index in [1.54, 1.807) is 0 Å². The van der Waals surface area contributed by atoms with Gasteiger partial charge in [-0.3, -0.25) is 0 Å². The van der Waals surface area contributed by atoms with E-state index in [0.717, 1.165) is 15.1 Å². The summed E-state index contributed by atoms with van der Waals surface area (Å²) in [6.45, 7) is 4.57. The van der Waals surface area contributed by atoms with Crippen LogP contribution in [0.5, 0.6) is 11.5 Å². The smallest absolute Gasteiger partial charge is 0.140 e. The average Bonchev–Trinajstić information content (AvgIpc) is 2.78. The summed E-state index contributed by atoms with van der Waals surface area (Å²) in [6, 6.07) is 23.2. The Hall–Kier alpha value is -1.81. The molecule has 3 aromatic carbocycles. The van der Waals surface area contributed by atoms with E-state index in [1.165, 1.54) is 22.3 Å². The van der Waals surface area contributed by atoms with Gasteiger partial charge in [-0.2, -0.15) is 0 Å². The molecule has 1 aliphatic carbocycles. The van der Waals surface area contributed by atoms with Gasteiger partial charge in [-0.1, -0.05) is 56.3 Å². The van der Waals surface area contributed by atoms with E-state index in [2.05, 4.69) is 85.0 Å². The van der Waals surface area contributed by atoms with E-state index >= 15 is 0 Å². The van der Waals surface area contributed by atoms with Gasteiger partial charge in [0.25, 0.3) is 0 Å². The first kappa shape index (κ1) is 14.8. The third-order valence-electron chi connectivity index (χ3n) is 4.62. The van der Waals surface area contributed by atoms with Crippen LogP contribution in [0.3, 0.4) is 0 Å². The van der Waals surface area contributed by atoms with Crippen molar-refractivity contribution in [1.29, 1.82) is 0 Å². The quantitative estimate of drug-likeness (QED) is 0.443. The highest BCUT2D eigenvalue weighted by atomic mass is 127. The van der Waals surface area contributed by atoms with Gasteiger partial charge in [0.15, 0.2) is 0 Å². The number of hydrogen-bond acceptors (Lipinski definition) is 1. The van der Waals surface area contributed by atoms with Gasteiger partial charge in [-0.05, 0) is 69.1 Å². The van der Waals surface area contributed by atoms with E-state index in [-0.39, 0.29) is 5.41 Å². The SMILES string of the molecule is CC1(C)c2ccccc2-c2ccc(Oc3ccccc3I)cc21. The molecule has 0 saturated heterocycles.